The number of para-hydroxylation sites is 1. The van der Waals surface area contributed by atoms with Gasteiger partial charge in [-0.15, -0.1) is 11.3 Å². The topological polar surface area (TPSA) is 55.6 Å². The summed E-state index contributed by atoms with van der Waals surface area (Å²) in [6.45, 7) is 4.38. The number of rotatable bonds is 5. The predicted molar refractivity (Wildman–Crippen MR) is 76.1 cm³/mol. The van der Waals surface area contributed by atoms with Crippen LogP contribution in [0.3, 0.4) is 0 Å². The Morgan fingerprint density at radius 3 is 3.05 bits per heavy atom. The van der Waals surface area contributed by atoms with Crippen LogP contribution in [0.4, 0.5) is 0 Å². The van der Waals surface area contributed by atoms with E-state index in [9.17, 15) is 0 Å². The summed E-state index contributed by atoms with van der Waals surface area (Å²) in [5, 5.41) is 8.69. The molecule has 0 radical (unpaired) electrons. The molecule has 3 rings (SSSR count). The van der Waals surface area contributed by atoms with E-state index in [1.165, 1.54) is 4.70 Å². The van der Waals surface area contributed by atoms with E-state index < -0.39 is 0 Å². The monoisotopic (exact) mass is 273 g/mol. The third kappa shape index (κ3) is 2.80. The van der Waals surface area contributed by atoms with E-state index >= 15 is 0 Å². The highest BCUT2D eigenvalue weighted by Crippen LogP contribution is 2.21. The van der Waals surface area contributed by atoms with Crippen LogP contribution < -0.4 is 5.32 Å². The number of fused-ring (bicyclic) bond motifs is 1. The minimum atomic E-state index is 0.679. The van der Waals surface area contributed by atoms with Gasteiger partial charge in [-0.1, -0.05) is 19.1 Å². The minimum Gasteiger partial charge on any atom is -0.310 e. The van der Waals surface area contributed by atoms with Gasteiger partial charge in [-0.05, 0) is 18.7 Å². The molecule has 3 aromatic rings. The van der Waals surface area contributed by atoms with Crippen molar-refractivity contribution in [2.45, 2.75) is 20.0 Å². The van der Waals surface area contributed by atoms with E-state index in [0.29, 0.717) is 13.1 Å². The molecule has 6 heteroatoms. The summed E-state index contributed by atoms with van der Waals surface area (Å²) in [7, 11) is 0. The number of nitrogens with one attached hydrogen (secondary N) is 1. The Labute approximate surface area is 115 Å². The Bertz CT molecular complexity index is 639. The molecule has 0 aliphatic heterocycles. The second kappa shape index (κ2) is 5.46. The fourth-order valence-corrected chi connectivity index (χ4v) is 2.81. The molecule has 0 aliphatic carbocycles. The molecule has 0 spiro atoms. The van der Waals surface area contributed by atoms with Crippen molar-refractivity contribution in [1.82, 2.24) is 25.1 Å². The second-order valence-electron chi connectivity index (χ2n) is 4.21. The molecule has 5 nitrogen and oxygen atoms in total. The molecule has 0 amide bonds. The zero-order valence-electron chi connectivity index (χ0n) is 10.7. The van der Waals surface area contributed by atoms with Gasteiger partial charge in [-0.2, -0.15) is 5.10 Å². The van der Waals surface area contributed by atoms with E-state index in [0.717, 1.165) is 22.9 Å². The van der Waals surface area contributed by atoms with Gasteiger partial charge in [0.2, 0.25) is 0 Å². The number of thiazole rings is 1. The lowest BCUT2D eigenvalue weighted by atomic mass is 10.3. The zero-order valence-corrected chi connectivity index (χ0v) is 11.5. The first-order chi connectivity index (χ1) is 9.35. The van der Waals surface area contributed by atoms with Crippen LogP contribution in [-0.4, -0.2) is 26.3 Å². The van der Waals surface area contributed by atoms with E-state index in [2.05, 4.69) is 33.4 Å². The van der Waals surface area contributed by atoms with E-state index in [-0.39, 0.29) is 0 Å². The summed E-state index contributed by atoms with van der Waals surface area (Å²) in [5.41, 5.74) is 1.05. The molecule has 1 aromatic carbocycles. The van der Waals surface area contributed by atoms with Crippen LogP contribution in [0.15, 0.2) is 30.6 Å². The Morgan fingerprint density at radius 2 is 2.21 bits per heavy atom. The molecule has 98 valence electrons. The Kier molecular flexibility index (Phi) is 3.52. The summed E-state index contributed by atoms with van der Waals surface area (Å²) < 4.78 is 3.05. The van der Waals surface area contributed by atoms with Gasteiger partial charge < -0.3 is 5.32 Å². The molecule has 0 bridgehead atoms. The highest BCUT2D eigenvalue weighted by atomic mass is 32.1. The lowest BCUT2D eigenvalue weighted by Gasteiger charge is -1.96. The van der Waals surface area contributed by atoms with Crippen molar-refractivity contribution in [2.75, 3.05) is 6.54 Å². The van der Waals surface area contributed by atoms with Gasteiger partial charge in [-0.3, -0.25) is 0 Å². The lowest BCUT2D eigenvalue weighted by Crippen LogP contribution is -2.13. The average molecular weight is 273 g/mol. The van der Waals surface area contributed by atoms with Crippen LogP contribution in [-0.2, 0) is 13.1 Å². The van der Waals surface area contributed by atoms with Gasteiger partial charge in [-0.25, -0.2) is 14.6 Å². The maximum Gasteiger partial charge on any atom is 0.164 e. The molecule has 0 unspecified atom stereocenters. The average Bonchev–Trinajstić information content (AvgIpc) is 3.02. The van der Waals surface area contributed by atoms with Crippen LogP contribution in [0.5, 0.6) is 0 Å². The summed E-state index contributed by atoms with van der Waals surface area (Å²) >= 11 is 1.70. The SMILES string of the molecule is CCNCc1ncn(Cc2nc3ccccc3s2)n1. The summed E-state index contributed by atoms with van der Waals surface area (Å²) in [4.78, 5) is 8.86. The van der Waals surface area contributed by atoms with Crippen LogP contribution in [0.1, 0.15) is 17.8 Å². The predicted octanol–water partition coefficient (Wildman–Crippen LogP) is 2.05. The van der Waals surface area contributed by atoms with Crippen LogP contribution in [0.2, 0.25) is 0 Å². The Hall–Kier alpha value is -1.79. The first-order valence-electron chi connectivity index (χ1n) is 6.28. The number of hydrogen-bond acceptors (Lipinski definition) is 5. The van der Waals surface area contributed by atoms with Crippen molar-refractivity contribution in [2.24, 2.45) is 0 Å². The number of aromatic nitrogens is 4. The molecule has 0 fully saturated rings. The normalized spacial score (nSPS) is 11.2. The number of hydrogen-bond donors (Lipinski definition) is 1. The zero-order chi connectivity index (χ0) is 13.1. The van der Waals surface area contributed by atoms with E-state index in [4.69, 9.17) is 0 Å². The van der Waals surface area contributed by atoms with Crippen molar-refractivity contribution in [3.63, 3.8) is 0 Å². The molecule has 0 aliphatic rings. The molecular weight excluding hydrogens is 258 g/mol. The Balaban J connectivity index is 1.75. The molecular formula is C13H15N5S. The fourth-order valence-electron chi connectivity index (χ4n) is 1.85. The van der Waals surface area contributed by atoms with Crippen LogP contribution in [0.25, 0.3) is 10.2 Å². The third-order valence-corrected chi connectivity index (χ3v) is 3.77. The molecule has 0 atom stereocenters. The largest absolute Gasteiger partial charge is 0.310 e. The summed E-state index contributed by atoms with van der Waals surface area (Å²) in [6, 6.07) is 8.17. The van der Waals surface area contributed by atoms with Gasteiger partial charge in [0.15, 0.2) is 5.82 Å². The fraction of sp³-hybridized carbons (Fsp3) is 0.308. The van der Waals surface area contributed by atoms with Crippen molar-refractivity contribution >= 4 is 21.6 Å². The lowest BCUT2D eigenvalue weighted by molar-refractivity contribution is 0.642. The number of benzene rings is 1. The Morgan fingerprint density at radius 1 is 1.32 bits per heavy atom. The first-order valence-corrected chi connectivity index (χ1v) is 7.10. The van der Waals surface area contributed by atoms with Gasteiger partial charge in [0.25, 0.3) is 0 Å². The maximum absolute atomic E-state index is 4.59. The first kappa shape index (κ1) is 12.3. The van der Waals surface area contributed by atoms with Crippen molar-refractivity contribution in [3.05, 3.63) is 41.4 Å². The van der Waals surface area contributed by atoms with E-state index in [1.807, 2.05) is 22.9 Å². The maximum atomic E-state index is 4.59. The van der Waals surface area contributed by atoms with Crippen molar-refractivity contribution < 1.29 is 0 Å². The second-order valence-corrected chi connectivity index (χ2v) is 5.33. The number of nitrogens with zero attached hydrogens (tertiary/aromatic N) is 4. The van der Waals surface area contributed by atoms with Gasteiger partial charge in [0.1, 0.15) is 11.3 Å². The quantitative estimate of drug-likeness (QED) is 0.773. The molecule has 0 saturated carbocycles. The van der Waals surface area contributed by atoms with Gasteiger partial charge in [0.05, 0.1) is 23.3 Å². The molecule has 0 saturated heterocycles. The smallest absolute Gasteiger partial charge is 0.164 e. The standard InChI is InChI=1S/C13H15N5S/c1-2-14-7-12-15-9-18(17-12)8-13-16-10-5-3-4-6-11(10)19-13/h3-6,9,14H,2,7-8H2,1H3. The highest BCUT2D eigenvalue weighted by molar-refractivity contribution is 7.18. The van der Waals surface area contributed by atoms with Crippen LogP contribution in [0, 0.1) is 0 Å². The highest BCUT2D eigenvalue weighted by Gasteiger charge is 2.05. The molecule has 19 heavy (non-hydrogen) atoms. The van der Waals surface area contributed by atoms with Crippen LogP contribution >= 0.6 is 11.3 Å². The summed E-state index contributed by atoms with van der Waals surface area (Å²) in [5.74, 6) is 0.822. The molecule has 2 aromatic heterocycles. The third-order valence-electron chi connectivity index (χ3n) is 2.75. The van der Waals surface area contributed by atoms with Gasteiger partial charge in [0, 0.05) is 0 Å². The minimum absolute atomic E-state index is 0.679. The van der Waals surface area contributed by atoms with E-state index in [1.54, 1.807) is 17.7 Å². The summed E-state index contributed by atoms with van der Waals surface area (Å²) in [6.07, 6.45) is 1.76. The van der Waals surface area contributed by atoms with Gasteiger partial charge >= 0.3 is 0 Å². The van der Waals surface area contributed by atoms with Crippen molar-refractivity contribution in [1.29, 1.82) is 0 Å². The molecule has 2 heterocycles. The van der Waals surface area contributed by atoms with Crippen molar-refractivity contribution in [3.8, 4) is 0 Å². The molecule has 1 N–H and O–H groups in total.